The monoisotopic (exact) mass is 481 g/mol. The van der Waals surface area contributed by atoms with Gasteiger partial charge in [0.1, 0.15) is 11.5 Å². The number of ether oxygens (including phenoxy) is 3. The van der Waals surface area contributed by atoms with Crippen molar-refractivity contribution in [2.24, 2.45) is 0 Å². The topological polar surface area (TPSA) is 85.3 Å². The molecule has 0 aromatic heterocycles. The first-order chi connectivity index (χ1) is 16.6. The lowest BCUT2D eigenvalue weighted by Crippen LogP contribution is -2.30. The molecular weight excluding hydrogens is 446 g/mol. The lowest BCUT2D eigenvalue weighted by atomic mass is 9.85. The first kappa shape index (κ1) is 26.1. The molecule has 3 rings (SSSR count). The van der Waals surface area contributed by atoms with Gasteiger partial charge in [-0.2, -0.15) is 0 Å². The number of carbonyl (C=O) groups excluding carboxylic acids is 2. The van der Waals surface area contributed by atoms with Gasteiger partial charge in [0.15, 0.2) is 11.5 Å². The molecule has 1 unspecified atom stereocenters. The maximum atomic E-state index is 13.3. The van der Waals surface area contributed by atoms with Gasteiger partial charge in [0.25, 0.3) is 11.7 Å². The van der Waals surface area contributed by atoms with E-state index < -0.39 is 17.7 Å². The molecule has 1 aliphatic rings. The molecule has 0 bridgehead atoms. The molecule has 1 atom stereocenters. The van der Waals surface area contributed by atoms with Gasteiger partial charge in [0, 0.05) is 6.54 Å². The van der Waals surface area contributed by atoms with E-state index in [9.17, 15) is 14.7 Å². The maximum absolute atomic E-state index is 13.3. The van der Waals surface area contributed by atoms with Gasteiger partial charge in [0.2, 0.25) is 0 Å². The van der Waals surface area contributed by atoms with Crippen molar-refractivity contribution < 1.29 is 28.9 Å². The van der Waals surface area contributed by atoms with Gasteiger partial charge in [-0.25, -0.2) is 0 Å². The van der Waals surface area contributed by atoms with Crippen LogP contribution in [0.2, 0.25) is 0 Å². The van der Waals surface area contributed by atoms with Gasteiger partial charge >= 0.3 is 0 Å². The minimum atomic E-state index is -0.775. The third-order valence-corrected chi connectivity index (χ3v) is 6.13. The van der Waals surface area contributed by atoms with E-state index in [2.05, 4.69) is 20.8 Å². The highest BCUT2D eigenvalue weighted by molar-refractivity contribution is 6.46. The van der Waals surface area contributed by atoms with E-state index in [1.54, 1.807) is 24.3 Å². The second-order valence-corrected chi connectivity index (χ2v) is 9.50. The lowest BCUT2D eigenvalue weighted by molar-refractivity contribution is -0.139. The van der Waals surface area contributed by atoms with Crippen LogP contribution in [0.4, 0.5) is 0 Å². The van der Waals surface area contributed by atoms with E-state index in [0.29, 0.717) is 47.9 Å². The van der Waals surface area contributed by atoms with Crippen molar-refractivity contribution in [3.05, 3.63) is 58.7 Å². The number of rotatable bonds is 8. The molecule has 188 valence electrons. The molecule has 0 spiro atoms. The lowest BCUT2D eigenvalue weighted by Gasteiger charge is -2.26. The van der Waals surface area contributed by atoms with E-state index in [0.717, 1.165) is 5.56 Å². The van der Waals surface area contributed by atoms with Crippen LogP contribution in [0.3, 0.4) is 0 Å². The summed E-state index contributed by atoms with van der Waals surface area (Å²) in [4.78, 5) is 27.9. The highest BCUT2D eigenvalue weighted by Crippen LogP contribution is 2.43. The Morgan fingerprint density at radius 1 is 0.971 bits per heavy atom. The van der Waals surface area contributed by atoms with Crippen LogP contribution in [-0.4, -0.2) is 49.1 Å². The Kier molecular flexibility index (Phi) is 7.78. The van der Waals surface area contributed by atoms with Gasteiger partial charge in [-0.15, -0.1) is 0 Å². The number of carbonyl (C=O) groups is 2. The molecule has 7 heteroatoms. The maximum Gasteiger partial charge on any atom is 0.295 e. The third kappa shape index (κ3) is 4.99. The van der Waals surface area contributed by atoms with Crippen molar-refractivity contribution in [3.63, 3.8) is 0 Å². The zero-order chi connectivity index (χ0) is 25.9. The average molecular weight is 482 g/mol. The number of aliphatic hydroxyl groups excluding tert-OH is 1. The minimum Gasteiger partial charge on any atom is -0.507 e. The predicted octanol–water partition coefficient (Wildman–Crippen LogP) is 5.23. The van der Waals surface area contributed by atoms with Gasteiger partial charge in [0.05, 0.1) is 38.0 Å². The summed E-state index contributed by atoms with van der Waals surface area (Å²) in [5, 5.41) is 11.5. The van der Waals surface area contributed by atoms with E-state index >= 15 is 0 Å². The summed E-state index contributed by atoms with van der Waals surface area (Å²) in [5.41, 5.74) is 1.81. The number of amides is 1. The van der Waals surface area contributed by atoms with E-state index in [1.807, 2.05) is 26.0 Å². The Morgan fingerprint density at radius 2 is 1.63 bits per heavy atom. The van der Waals surface area contributed by atoms with Crippen molar-refractivity contribution in [3.8, 4) is 17.2 Å². The SMILES string of the molecule is CCCN1C(=O)C(=O)/C(=C(/O)c2cc(C(C)(C)C)ccc2OC)C1c1ccc(OCC)c(OC)c1. The molecule has 1 aliphatic heterocycles. The fourth-order valence-corrected chi connectivity index (χ4v) is 4.33. The van der Waals surface area contributed by atoms with Crippen LogP contribution in [0.5, 0.6) is 17.2 Å². The first-order valence-corrected chi connectivity index (χ1v) is 11.9. The number of nitrogens with zero attached hydrogens (tertiary/aromatic N) is 1. The minimum absolute atomic E-state index is 0.0269. The average Bonchev–Trinajstić information content (AvgIpc) is 3.08. The highest BCUT2D eigenvalue weighted by Gasteiger charge is 2.46. The molecule has 1 saturated heterocycles. The molecule has 1 fully saturated rings. The number of hydrogen-bond acceptors (Lipinski definition) is 6. The predicted molar refractivity (Wildman–Crippen MR) is 135 cm³/mol. The first-order valence-electron chi connectivity index (χ1n) is 11.9. The Bertz CT molecular complexity index is 1140. The van der Waals surface area contributed by atoms with E-state index in [4.69, 9.17) is 14.2 Å². The number of ketones is 1. The summed E-state index contributed by atoms with van der Waals surface area (Å²) < 4.78 is 16.6. The highest BCUT2D eigenvalue weighted by atomic mass is 16.5. The third-order valence-electron chi connectivity index (χ3n) is 6.13. The van der Waals surface area contributed by atoms with Crippen LogP contribution in [0.1, 0.15) is 63.8 Å². The van der Waals surface area contributed by atoms with Crippen molar-refractivity contribution in [1.29, 1.82) is 0 Å². The van der Waals surface area contributed by atoms with E-state index in [1.165, 1.54) is 19.1 Å². The molecule has 35 heavy (non-hydrogen) atoms. The molecular formula is C28H35NO6. The Hall–Kier alpha value is -3.48. The van der Waals surface area contributed by atoms with Gasteiger partial charge < -0.3 is 24.2 Å². The Labute approximate surface area is 207 Å². The molecule has 2 aromatic rings. The largest absolute Gasteiger partial charge is 0.507 e. The molecule has 2 aromatic carbocycles. The molecule has 7 nitrogen and oxygen atoms in total. The molecule has 0 radical (unpaired) electrons. The fourth-order valence-electron chi connectivity index (χ4n) is 4.33. The number of likely N-dealkylation sites (tertiary alicyclic amines) is 1. The van der Waals surface area contributed by atoms with Crippen LogP contribution in [-0.2, 0) is 15.0 Å². The Morgan fingerprint density at radius 3 is 2.20 bits per heavy atom. The van der Waals surface area contributed by atoms with Crippen LogP contribution >= 0.6 is 0 Å². The number of methoxy groups -OCH3 is 2. The summed E-state index contributed by atoms with van der Waals surface area (Å²) in [6.45, 7) is 10.8. The summed E-state index contributed by atoms with van der Waals surface area (Å²) in [7, 11) is 3.04. The van der Waals surface area contributed by atoms with Crippen molar-refractivity contribution in [2.45, 2.75) is 52.5 Å². The summed E-state index contributed by atoms with van der Waals surface area (Å²) in [6.07, 6.45) is 0.653. The molecule has 0 saturated carbocycles. The van der Waals surface area contributed by atoms with Crippen LogP contribution in [0.25, 0.3) is 5.76 Å². The number of benzene rings is 2. The second kappa shape index (κ2) is 10.4. The molecule has 1 heterocycles. The molecule has 1 amide bonds. The van der Waals surface area contributed by atoms with Gasteiger partial charge in [-0.3, -0.25) is 9.59 Å². The fraction of sp³-hybridized carbons (Fsp3) is 0.429. The quantitative estimate of drug-likeness (QED) is 0.316. The smallest absolute Gasteiger partial charge is 0.295 e. The van der Waals surface area contributed by atoms with Crippen molar-refractivity contribution in [2.75, 3.05) is 27.4 Å². The molecule has 1 N–H and O–H groups in total. The zero-order valence-electron chi connectivity index (χ0n) is 21.6. The van der Waals surface area contributed by atoms with Crippen molar-refractivity contribution in [1.82, 2.24) is 4.90 Å². The normalized spacial score (nSPS) is 17.6. The zero-order valence-corrected chi connectivity index (χ0v) is 21.6. The van der Waals surface area contributed by atoms with Crippen LogP contribution in [0, 0.1) is 0 Å². The summed E-state index contributed by atoms with van der Waals surface area (Å²) >= 11 is 0. The number of hydrogen-bond donors (Lipinski definition) is 1. The summed E-state index contributed by atoms with van der Waals surface area (Å²) in [5.74, 6) is -0.165. The van der Waals surface area contributed by atoms with Crippen LogP contribution in [0.15, 0.2) is 42.0 Å². The molecule has 0 aliphatic carbocycles. The van der Waals surface area contributed by atoms with Gasteiger partial charge in [-0.05, 0) is 54.2 Å². The van der Waals surface area contributed by atoms with E-state index in [-0.39, 0.29) is 16.7 Å². The second-order valence-electron chi connectivity index (χ2n) is 9.50. The van der Waals surface area contributed by atoms with Crippen molar-refractivity contribution >= 4 is 17.4 Å². The number of Topliss-reactive ketones (excluding diaryl/α,β-unsaturated/α-hetero) is 1. The number of aliphatic hydroxyl groups is 1. The Balaban J connectivity index is 2.28. The van der Waals surface area contributed by atoms with Gasteiger partial charge in [-0.1, -0.05) is 39.8 Å². The summed E-state index contributed by atoms with van der Waals surface area (Å²) in [6, 6.07) is 10.0. The van der Waals surface area contributed by atoms with Crippen LogP contribution < -0.4 is 14.2 Å². The standard InChI is InChI=1S/C28H35NO6/c1-8-14-29-24(17-10-12-21(35-9-2)22(15-17)34-7)23(26(31)27(29)32)25(30)19-16-18(28(3,4)5)11-13-20(19)33-6/h10-13,15-16,24,30H,8-9,14H2,1-7H3/b25-23+.